The van der Waals surface area contributed by atoms with E-state index in [4.69, 9.17) is 9.15 Å². The molecule has 0 spiro atoms. The highest BCUT2D eigenvalue weighted by molar-refractivity contribution is 7.13. The van der Waals surface area contributed by atoms with Crippen LogP contribution < -0.4 is 0 Å². The molecule has 0 saturated carbocycles. The van der Waals surface area contributed by atoms with Crippen LogP contribution in [0.5, 0.6) is 5.75 Å². The van der Waals surface area contributed by atoms with Crippen molar-refractivity contribution in [3.05, 3.63) is 52.7 Å². The highest BCUT2D eigenvalue weighted by Gasteiger charge is 2.20. The zero-order valence-electron chi connectivity index (χ0n) is 16.1. The van der Waals surface area contributed by atoms with Gasteiger partial charge in [0.25, 0.3) is 11.8 Å². The van der Waals surface area contributed by atoms with Crippen LogP contribution in [0.25, 0.3) is 10.8 Å². The number of rotatable bonds is 8. The Balaban J connectivity index is 1.61. The number of ether oxygens (including phenoxy) is 1. The summed E-state index contributed by atoms with van der Waals surface area (Å²) in [6.45, 7) is 3.85. The fourth-order valence-corrected chi connectivity index (χ4v) is 3.30. The van der Waals surface area contributed by atoms with E-state index >= 15 is 0 Å². The van der Waals surface area contributed by atoms with Crippen LogP contribution in [0, 0.1) is 6.92 Å². The van der Waals surface area contributed by atoms with Gasteiger partial charge in [-0.05, 0) is 42.5 Å². The van der Waals surface area contributed by atoms with Gasteiger partial charge >= 0.3 is 5.97 Å². The molecule has 0 bridgehead atoms. The topological polar surface area (TPSA) is 106 Å². The number of carbonyl (C=O) groups excluding carboxylic acids is 2. The summed E-state index contributed by atoms with van der Waals surface area (Å²) in [5.74, 6) is -0.620. The number of phenolic OH excluding ortho intramolecular Hbond substituents is 1. The third-order valence-electron chi connectivity index (χ3n) is 4.07. The molecule has 0 aliphatic rings. The van der Waals surface area contributed by atoms with Gasteiger partial charge in [0.1, 0.15) is 11.3 Å². The number of esters is 1. The van der Waals surface area contributed by atoms with Crippen molar-refractivity contribution in [3.8, 4) is 16.5 Å². The molecule has 3 aromatic rings. The molecule has 8 nitrogen and oxygen atoms in total. The second-order valence-corrected chi connectivity index (χ2v) is 7.34. The summed E-state index contributed by atoms with van der Waals surface area (Å²) >= 11 is 1.48. The average molecular weight is 415 g/mol. The minimum atomic E-state index is -0.759. The molecule has 0 radical (unpaired) electrons. The fourth-order valence-electron chi connectivity index (χ4n) is 2.65. The Morgan fingerprint density at radius 3 is 2.79 bits per heavy atom. The first-order valence-electron chi connectivity index (χ1n) is 9.08. The normalized spacial score (nSPS) is 10.7. The van der Waals surface area contributed by atoms with Crippen molar-refractivity contribution in [1.29, 1.82) is 0 Å². The van der Waals surface area contributed by atoms with Crippen molar-refractivity contribution >= 4 is 23.2 Å². The molecule has 152 valence electrons. The summed E-state index contributed by atoms with van der Waals surface area (Å²) in [6.07, 6.45) is 0.713. The van der Waals surface area contributed by atoms with E-state index in [0.29, 0.717) is 24.7 Å². The van der Waals surface area contributed by atoms with Crippen molar-refractivity contribution in [2.45, 2.75) is 26.8 Å². The van der Waals surface area contributed by atoms with Crippen LogP contribution in [0.15, 0.2) is 40.1 Å². The molecule has 0 atom stereocenters. The van der Waals surface area contributed by atoms with Crippen LogP contribution in [0.3, 0.4) is 0 Å². The van der Waals surface area contributed by atoms with E-state index in [1.54, 1.807) is 13.0 Å². The van der Waals surface area contributed by atoms with Gasteiger partial charge in [-0.25, -0.2) is 4.79 Å². The maximum Gasteiger partial charge on any atom is 0.342 e. The Bertz CT molecular complexity index is 984. The lowest BCUT2D eigenvalue weighted by molar-refractivity contribution is -0.135. The van der Waals surface area contributed by atoms with Crippen LogP contribution >= 0.6 is 11.3 Å². The summed E-state index contributed by atoms with van der Waals surface area (Å²) in [7, 11) is 0. The fraction of sp³-hybridized carbons (Fsp3) is 0.300. The van der Waals surface area contributed by atoms with Crippen molar-refractivity contribution < 1.29 is 23.8 Å². The lowest BCUT2D eigenvalue weighted by Crippen LogP contribution is -2.35. The molecular formula is C20H21N3O5S. The number of aryl methyl sites for hydroxylation is 1. The Morgan fingerprint density at radius 1 is 1.28 bits per heavy atom. The maximum absolute atomic E-state index is 12.5. The van der Waals surface area contributed by atoms with Gasteiger partial charge in [0.2, 0.25) is 5.89 Å². The number of phenols is 1. The van der Waals surface area contributed by atoms with Gasteiger partial charge in [0.05, 0.1) is 11.4 Å². The molecule has 9 heteroatoms. The number of aromatic nitrogens is 2. The van der Waals surface area contributed by atoms with Gasteiger partial charge in [0.15, 0.2) is 6.61 Å². The zero-order valence-corrected chi connectivity index (χ0v) is 16.9. The lowest BCUT2D eigenvalue weighted by Gasteiger charge is -2.20. The number of thiophene rings is 1. The Labute approximate surface area is 171 Å². The molecule has 3 rings (SSSR count). The Kier molecular flexibility index (Phi) is 6.61. The molecule has 0 fully saturated rings. The minimum absolute atomic E-state index is 0.0166. The predicted molar refractivity (Wildman–Crippen MR) is 106 cm³/mol. The van der Waals surface area contributed by atoms with Gasteiger partial charge in [0, 0.05) is 6.54 Å². The highest BCUT2D eigenvalue weighted by atomic mass is 32.1. The molecule has 1 N–H and O–H groups in total. The molecule has 1 aromatic carbocycles. The van der Waals surface area contributed by atoms with Crippen molar-refractivity contribution in [2.24, 2.45) is 0 Å². The summed E-state index contributed by atoms with van der Waals surface area (Å²) in [5, 5.41) is 19.8. The monoisotopic (exact) mass is 415 g/mol. The van der Waals surface area contributed by atoms with Gasteiger partial charge in [-0.15, -0.1) is 21.5 Å². The predicted octanol–water partition coefficient (Wildman–Crippen LogP) is 3.41. The molecule has 0 saturated heterocycles. The molecule has 2 aromatic heterocycles. The third kappa shape index (κ3) is 5.20. The largest absolute Gasteiger partial charge is 0.507 e. The standard InChI is InChI=1S/C20H21N3O5S/c1-3-8-23(11-17-21-22-19(28-17)16-5-4-9-29-16)18(25)12-27-20(26)14-7-6-13(2)10-15(14)24/h4-7,9-10,24H,3,8,11-12H2,1-2H3. The Hall–Kier alpha value is -3.20. The van der Waals surface area contributed by atoms with Crippen LogP contribution in [-0.4, -0.2) is 45.2 Å². The van der Waals surface area contributed by atoms with Crippen molar-refractivity contribution in [1.82, 2.24) is 15.1 Å². The van der Waals surface area contributed by atoms with Crippen molar-refractivity contribution in [2.75, 3.05) is 13.2 Å². The van der Waals surface area contributed by atoms with Crippen LogP contribution in [0.1, 0.15) is 35.2 Å². The second kappa shape index (κ2) is 9.33. The smallest absolute Gasteiger partial charge is 0.342 e. The molecular weight excluding hydrogens is 394 g/mol. The molecule has 1 amide bonds. The van der Waals surface area contributed by atoms with E-state index in [0.717, 1.165) is 10.4 Å². The number of benzene rings is 1. The van der Waals surface area contributed by atoms with Crippen LogP contribution in [0.2, 0.25) is 0 Å². The quantitative estimate of drug-likeness (QED) is 0.562. The molecule has 0 aliphatic carbocycles. The molecule has 2 heterocycles. The zero-order chi connectivity index (χ0) is 20.8. The summed E-state index contributed by atoms with van der Waals surface area (Å²) in [6, 6.07) is 8.37. The van der Waals surface area contributed by atoms with E-state index in [1.807, 2.05) is 24.4 Å². The minimum Gasteiger partial charge on any atom is -0.507 e. The number of carbonyl (C=O) groups is 2. The second-order valence-electron chi connectivity index (χ2n) is 6.39. The van der Waals surface area contributed by atoms with E-state index in [9.17, 15) is 14.7 Å². The highest BCUT2D eigenvalue weighted by Crippen LogP contribution is 2.23. The van der Waals surface area contributed by atoms with E-state index in [1.165, 1.54) is 28.4 Å². The lowest BCUT2D eigenvalue weighted by atomic mass is 10.1. The van der Waals surface area contributed by atoms with E-state index in [-0.39, 0.29) is 23.8 Å². The first-order valence-corrected chi connectivity index (χ1v) is 9.96. The van der Waals surface area contributed by atoms with E-state index in [2.05, 4.69) is 10.2 Å². The summed E-state index contributed by atoms with van der Waals surface area (Å²) in [5.41, 5.74) is 0.827. The number of amides is 1. The number of hydrogen-bond acceptors (Lipinski definition) is 8. The number of hydrogen-bond donors (Lipinski definition) is 1. The summed E-state index contributed by atoms with van der Waals surface area (Å²) < 4.78 is 10.7. The summed E-state index contributed by atoms with van der Waals surface area (Å²) in [4.78, 5) is 27.1. The van der Waals surface area contributed by atoms with Crippen LogP contribution in [0.4, 0.5) is 0 Å². The van der Waals surface area contributed by atoms with Gasteiger partial charge < -0.3 is 19.2 Å². The van der Waals surface area contributed by atoms with Crippen LogP contribution in [-0.2, 0) is 16.1 Å². The third-order valence-corrected chi connectivity index (χ3v) is 4.93. The van der Waals surface area contributed by atoms with E-state index < -0.39 is 12.6 Å². The average Bonchev–Trinajstić information content (AvgIpc) is 3.37. The molecule has 0 unspecified atom stereocenters. The van der Waals surface area contributed by atoms with Gasteiger partial charge in [-0.1, -0.05) is 19.1 Å². The first kappa shape index (κ1) is 20.5. The van der Waals surface area contributed by atoms with Gasteiger partial charge in [-0.3, -0.25) is 4.79 Å². The molecule has 29 heavy (non-hydrogen) atoms. The first-order chi connectivity index (χ1) is 14.0. The Morgan fingerprint density at radius 2 is 2.10 bits per heavy atom. The van der Waals surface area contributed by atoms with Gasteiger partial charge in [-0.2, -0.15) is 0 Å². The molecule has 0 aliphatic heterocycles. The SMILES string of the molecule is CCCN(Cc1nnc(-c2cccs2)o1)C(=O)COC(=O)c1ccc(C)cc1O. The maximum atomic E-state index is 12.5. The number of nitrogens with zero attached hydrogens (tertiary/aromatic N) is 3. The van der Waals surface area contributed by atoms with Crippen molar-refractivity contribution in [3.63, 3.8) is 0 Å². The number of aromatic hydroxyl groups is 1.